The van der Waals surface area contributed by atoms with Crippen molar-refractivity contribution in [2.75, 3.05) is 13.1 Å². The summed E-state index contributed by atoms with van der Waals surface area (Å²) < 4.78 is 1.04. The first-order chi connectivity index (χ1) is 8.97. The fourth-order valence-electron chi connectivity index (χ4n) is 2.71. The number of nitrogens with zero attached hydrogens (tertiary/aromatic N) is 1. The van der Waals surface area contributed by atoms with Crippen LogP contribution in [-0.4, -0.2) is 30.1 Å². The Kier molecular flexibility index (Phi) is 5.29. The van der Waals surface area contributed by atoms with Crippen LogP contribution in [0.5, 0.6) is 0 Å². The highest BCUT2D eigenvalue weighted by atomic mass is 79.9. The Balaban J connectivity index is 2.14. The van der Waals surface area contributed by atoms with Crippen molar-refractivity contribution in [3.63, 3.8) is 0 Å². The summed E-state index contributed by atoms with van der Waals surface area (Å²) in [6, 6.07) is 7.29. The highest BCUT2D eigenvalue weighted by molar-refractivity contribution is 9.10. The molecule has 0 saturated carbocycles. The van der Waals surface area contributed by atoms with E-state index in [0.717, 1.165) is 29.1 Å². The molecule has 1 aliphatic rings. The van der Waals surface area contributed by atoms with Crippen LogP contribution in [0.1, 0.15) is 26.3 Å². The van der Waals surface area contributed by atoms with E-state index in [9.17, 15) is 0 Å². The third kappa shape index (κ3) is 3.94. The van der Waals surface area contributed by atoms with Crippen molar-refractivity contribution in [3.05, 3.63) is 33.3 Å². The lowest BCUT2D eigenvalue weighted by Crippen LogP contribution is -2.56. The largest absolute Gasteiger partial charge is 0.311 e. The van der Waals surface area contributed by atoms with Gasteiger partial charge in [-0.05, 0) is 30.5 Å². The number of halogens is 2. The smallest absolute Gasteiger partial charge is 0.0462 e. The Morgan fingerprint density at radius 1 is 1.47 bits per heavy atom. The lowest BCUT2D eigenvalue weighted by molar-refractivity contribution is 0.0956. The Labute approximate surface area is 129 Å². The quantitative estimate of drug-likeness (QED) is 0.893. The van der Waals surface area contributed by atoms with E-state index in [2.05, 4.69) is 59.1 Å². The van der Waals surface area contributed by atoms with E-state index >= 15 is 0 Å². The van der Waals surface area contributed by atoms with E-state index in [1.165, 1.54) is 5.56 Å². The van der Waals surface area contributed by atoms with Crippen molar-refractivity contribution in [3.8, 4) is 0 Å². The van der Waals surface area contributed by atoms with E-state index in [1.54, 1.807) is 0 Å². The molecular weight excluding hydrogens is 324 g/mol. The topological polar surface area (TPSA) is 15.3 Å². The van der Waals surface area contributed by atoms with Gasteiger partial charge in [0.2, 0.25) is 0 Å². The minimum atomic E-state index is 0.546. The molecule has 2 rings (SSSR count). The van der Waals surface area contributed by atoms with Crippen molar-refractivity contribution >= 4 is 27.5 Å². The second-order valence-electron chi connectivity index (χ2n) is 5.79. The van der Waals surface area contributed by atoms with Gasteiger partial charge in [0.1, 0.15) is 0 Å². The summed E-state index contributed by atoms with van der Waals surface area (Å²) in [7, 11) is 0. The summed E-state index contributed by atoms with van der Waals surface area (Å²) >= 11 is 9.80. The van der Waals surface area contributed by atoms with Crippen LogP contribution in [-0.2, 0) is 6.54 Å². The van der Waals surface area contributed by atoms with E-state index in [4.69, 9.17) is 11.6 Å². The minimum absolute atomic E-state index is 0.546. The second-order valence-corrected chi connectivity index (χ2v) is 7.11. The van der Waals surface area contributed by atoms with Gasteiger partial charge >= 0.3 is 0 Å². The molecule has 2 atom stereocenters. The number of hydrogen-bond acceptors (Lipinski definition) is 2. The van der Waals surface area contributed by atoms with Gasteiger partial charge in [0.05, 0.1) is 0 Å². The highest BCUT2D eigenvalue weighted by Gasteiger charge is 2.28. The molecule has 2 nitrogen and oxygen atoms in total. The molecule has 1 saturated heterocycles. The molecule has 0 amide bonds. The summed E-state index contributed by atoms with van der Waals surface area (Å²) in [5.41, 5.74) is 1.21. The van der Waals surface area contributed by atoms with Gasteiger partial charge in [-0.25, -0.2) is 0 Å². The molecule has 1 fully saturated rings. The molecule has 0 radical (unpaired) electrons. The monoisotopic (exact) mass is 344 g/mol. The Bertz CT molecular complexity index is 436. The standard InChI is InChI=1S/C15H22BrClN2/c1-10(2)15-7-18-11(3)8-19(15)9-12-4-5-13(16)6-14(12)17/h4-6,10-11,15,18H,7-9H2,1-3H3. The molecule has 4 heteroatoms. The van der Waals surface area contributed by atoms with Gasteiger partial charge in [0.25, 0.3) is 0 Å². The maximum atomic E-state index is 6.34. The molecule has 2 unspecified atom stereocenters. The summed E-state index contributed by atoms with van der Waals surface area (Å²) in [5, 5.41) is 4.42. The fourth-order valence-corrected chi connectivity index (χ4v) is 3.44. The van der Waals surface area contributed by atoms with Crippen molar-refractivity contribution < 1.29 is 0 Å². The van der Waals surface area contributed by atoms with Crippen LogP contribution in [0.25, 0.3) is 0 Å². The first kappa shape index (κ1) is 15.3. The average molecular weight is 346 g/mol. The van der Waals surface area contributed by atoms with Gasteiger partial charge in [-0.2, -0.15) is 0 Å². The molecule has 1 aromatic carbocycles. The number of benzene rings is 1. The van der Waals surface area contributed by atoms with Gasteiger partial charge in [0, 0.05) is 41.2 Å². The third-order valence-corrected chi connectivity index (χ3v) is 4.66. The van der Waals surface area contributed by atoms with Crippen LogP contribution in [0.3, 0.4) is 0 Å². The maximum absolute atomic E-state index is 6.34. The van der Waals surface area contributed by atoms with Gasteiger partial charge in [0.15, 0.2) is 0 Å². The summed E-state index contributed by atoms with van der Waals surface area (Å²) in [5.74, 6) is 0.647. The molecule has 0 aliphatic carbocycles. The predicted octanol–water partition coefficient (Wildman–Crippen LogP) is 3.92. The summed E-state index contributed by atoms with van der Waals surface area (Å²) in [6.45, 7) is 9.90. The molecule has 0 bridgehead atoms. The molecule has 1 aliphatic heterocycles. The van der Waals surface area contributed by atoms with Gasteiger partial charge in [-0.3, -0.25) is 4.90 Å². The van der Waals surface area contributed by atoms with E-state index in [1.807, 2.05) is 6.07 Å². The zero-order chi connectivity index (χ0) is 14.0. The van der Waals surface area contributed by atoms with Gasteiger partial charge in [-0.1, -0.05) is 47.4 Å². The normalized spacial score (nSPS) is 24.9. The van der Waals surface area contributed by atoms with Crippen molar-refractivity contribution in [2.24, 2.45) is 5.92 Å². The van der Waals surface area contributed by atoms with E-state index < -0.39 is 0 Å². The lowest BCUT2D eigenvalue weighted by atomic mass is 9.98. The summed E-state index contributed by atoms with van der Waals surface area (Å²) in [4.78, 5) is 2.56. The van der Waals surface area contributed by atoms with Gasteiger partial charge < -0.3 is 5.32 Å². The predicted molar refractivity (Wildman–Crippen MR) is 85.7 cm³/mol. The minimum Gasteiger partial charge on any atom is -0.311 e. The maximum Gasteiger partial charge on any atom is 0.0462 e. The van der Waals surface area contributed by atoms with Crippen molar-refractivity contribution in [1.29, 1.82) is 0 Å². The van der Waals surface area contributed by atoms with Crippen LogP contribution in [0.4, 0.5) is 0 Å². The van der Waals surface area contributed by atoms with Crippen LogP contribution in [0.15, 0.2) is 22.7 Å². The molecule has 19 heavy (non-hydrogen) atoms. The Hall–Kier alpha value is -0.0900. The van der Waals surface area contributed by atoms with Crippen LogP contribution < -0.4 is 5.32 Å². The molecule has 106 valence electrons. The molecule has 0 aromatic heterocycles. The second kappa shape index (κ2) is 6.57. The Morgan fingerprint density at radius 2 is 2.21 bits per heavy atom. The molecule has 1 N–H and O–H groups in total. The molecule has 1 heterocycles. The number of hydrogen-bond donors (Lipinski definition) is 1. The molecule has 1 aromatic rings. The fraction of sp³-hybridized carbons (Fsp3) is 0.600. The Morgan fingerprint density at radius 3 is 2.84 bits per heavy atom. The average Bonchev–Trinajstić information content (AvgIpc) is 2.32. The molecule has 0 spiro atoms. The number of rotatable bonds is 3. The zero-order valence-corrected chi connectivity index (χ0v) is 14.1. The number of nitrogens with one attached hydrogen (secondary N) is 1. The van der Waals surface area contributed by atoms with E-state index in [-0.39, 0.29) is 0 Å². The van der Waals surface area contributed by atoms with Crippen LogP contribution in [0.2, 0.25) is 5.02 Å². The lowest BCUT2D eigenvalue weighted by Gasteiger charge is -2.41. The van der Waals surface area contributed by atoms with Gasteiger partial charge in [-0.15, -0.1) is 0 Å². The SMILES string of the molecule is CC1CN(Cc2ccc(Br)cc2Cl)C(C(C)C)CN1. The highest BCUT2D eigenvalue weighted by Crippen LogP contribution is 2.25. The zero-order valence-electron chi connectivity index (χ0n) is 11.8. The third-order valence-electron chi connectivity index (χ3n) is 3.81. The van der Waals surface area contributed by atoms with E-state index in [0.29, 0.717) is 18.0 Å². The summed E-state index contributed by atoms with van der Waals surface area (Å²) in [6.07, 6.45) is 0. The van der Waals surface area contributed by atoms with Crippen molar-refractivity contribution in [1.82, 2.24) is 10.2 Å². The van der Waals surface area contributed by atoms with Crippen LogP contribution >= 0.6 is 27.5 Å². The van der Waals surface area contributed by atoms with Crippen molar-refractivity contribution in [2.45, 2.75) is 39.4 Å². The molecular formula is C15H22BrClN2. The first-order valence-corrected chi connectivity index (χ1v) is 8.06. The first-order valence-electron chi connectivity index (χ1n) is 6.88. The number of piperazine rings is 1. The van der Waals surface area contributed by atoms with Crippen LogP contribution in [0, 0.1) is 5.92 Å².